The van der Waals surface area contributed by atoms with E-state index in [4.69, 9.17) is 0 Å². The molecule has 0 radical (unpaired) electrons. The molecule has 2 heterocycles. The summed E-state index contributed by atoms with van der Waals surface area (Å²) in [4.78, 5) is 34.9. The first-order chi connectivity index (χ1) is 18.4. The first-order valence-electron chi connectivity index (χ1n) is 12.4. The molecule has 8 nitrogen and oxygen atoms in total. The first kappa shape index (κ1) is 30.7. The number of alkyl halides is 3. The minimum Gasteiger partial charge on any atom is -0.393 e. The quantitative estimate of drug-likeness (QED) is 0.229. The second kappa shape index (κ2) is 14.0. The Hall–Kier alpha value is -2.87. The van der Waals surface area contributed by atoms with E-state index < -0.39 is 48.7 Å². The molecular weight excluding hydrogens is 553 g/mol. The number of carbonyl (C=O) groups is 2. The lowest BCUT2D eigenvalue weighted by molar-refractivity contribution is -0.136. The molecule has 0 aliphatic rings. The van der Waals surface area contributed by atoms with E-state index in [0.717, 1.165) is 33.8 Å². The van der Waals surface area contributed by atoms with Gasteiger partial charge in [-0.25, -0.2) is 9.97 Å². The van der Waals surface area contributed by atoms with Gasteiger partial charge in [-0.2, -0.15) is 13.2 Å². The largest absolute Gasteiger partial charge is 0.393 e. The second-order valence-corrected chi connectivity index (χ2v) is 11.2. The minimum absolute atomic E-state index is 0.0707. The van der Waals surface area contributed by atoms with Gasteiger partial charge < -0.3 is 20.8 Å². The molecule has 13 heteroatoms. The Morgan fingerprint density at radius 1 is 1.08 bits per heavy atom. The van der Waals surface area contributed by atoms with Crippen molar-refractivity contribution in [2.24, 2.45) is 0 Å². The van der Waals surface area contributed by atoms with Crippen LogP contribution in [0.3, 0.4) is 0 Å². The average Bonchev–Trinajstić information content (AvgIpc) is 3.57. The number of nitrogens with one attached hydrogen (secondary N) is 2. The van der Waals surface area contributed by atoms with Crippen molar-refractivity contribution in [1.82, 2.24) is 20.6 Å². The standard InChI is InChI=1S/C26H31F3N4O4S2/c1-15-6-3-4-7-17(15)24-31-14-20(39-24)23(37)33-19(10-9-16(2)34)22(36)32-18(8-5-11-26(27,28)29)21(35)25-30-12-13-38-25/h3-4,6-7,12-14,16,18-19,21,34-35H,5,8-11H2,1-2H3,(H,32,36)(H,33,37)/t16?,18-,19-,21?/m0/s1. The highest BCUT2D eigenvalue weighted by atomic mass is 32.1. The SMILES string of the molecule is Cc1ccccc1-c1ncc(C(=O)N[C@@H](CCC(C)O)C(=O)N[C@@H](CCCC(F)(F)F)C(O)c2nccs2)s1. The molecule has 4 atom stereocenters. The van der Waals surface area contributed by atoms with E-state index in [2.05, 4.69) is 20.6 Å². The Labute approximate surface area is 232 Å². The number of hydrogen-bond acceptors (Lipinski definition) is 8. The zero-order valence-electron chi connectivity index (χ0n) is 21.4. The van der Waals surface area contributed by atoms with Gasteiger partial charge in [-0.15, -0.1) is 22.7 Å². The highest BCUT2D eigenvalue weighted by molar-refractivity contribution is 7.16. The van der Waals surface area contributed by atoms with Crippen LogP contribution < -0.4 is 10.6 Å². The van der Waals surface area contributed by atoms with Gasteiger partial charge in [-0.05, 0) is 45.1 Å². The van der Waals surface area contributed by atoms with Crippen molar-refractivity contribution in [3.05, 3.63) is 57.5 Å². The zero-order valence-corrected chi connectivity index (χ0v) is 23.1. The molecule has 0 saturated heterocycles. The van der Waals surface area contributed by atoms with Crippen LogP contribution in [0.5, 0.6) is 0 Å². The number of carbonyl (C=O) groups excluding carboxylic acids is 2. The van der Waals surface area contributed by atoms with Crippen molar-refractivity contribution in [1.29, 1.82) is 0 Å². The first-order valence-corrected chi connectivity index (χ1v) is 14.1. The number of aromatic nitrogens is 2. The lowest BCUT2D eigenvalue weighted by atomic mass is 10.0. The molecule has 39 heavy (non-hydrogen) atoms. The fraction of sp³-hybridized carbons (Fsp3) is 0.462. The number of amides is 2. The van der Waals surface area contributed by atoms with Gasteiger partial charge in [0.1, 0.15) is 27.0 Å². The number of halogens is 3. The fourth-order valence-corrected chi connectivity index (χ4v) is 5.49. The predicted octanol–water partition coefficient (Wildman–Crippen LogP) is 4.79. The summed E-state index contributed by atoms with van der Waals surface area (Å²) < 4.78 is 38.2. The predicted molar refractivity (Wildman–Crippen MR) is 143 cm³/mol. The van der Waals surface area contributed by atoms with Crippen LogP contribution in [0.25, 0.3) is 10.6 Å². The number of aryl methyl sites for hydroxylation is 1. The molecule has 0 spiro atoms. The summed E-state index contributed by atoms with van der Waals surface area (Å²) in [6, 6.07) is 5.41. The lowest BCUT2D eigenvalue weighted by Crippen LogP contribution is -2.51. The summed E-state index contributed by atoms with van der Waals surface area (Å²) in [7, 11) is 0. The van der Waals surface area contributed by atoms with E-state index in [1.54, 1.807) is 12.3 Å². The molecule has 0 fully saturated rings. The van der Waals surface area contributed by atoms with Crippen molar-refractivity contribution in [2.45, 2.75) is 76.4 Å². The van der Waals surface area contributed by atoms with E-state index in [1.807, 2.05) is 31.2 Å². The molecule has 0 saturated carbocycles. The molecule has 2 aromatic heterocycles. The minimum atomic E-state index is -4.37. The Balaban J connectivity index is 1.75. The average molecular weight is 585 g/mol. The molecule has 3 rings (SSSR count). The van der Waals surface area contributed by atoms with Gasteiger partial charge in [-0.1, -0.05) is 24.3 Å². The summed E-state index contributed by atoms with van der Waals surface area (Å²) in [6.07, 6.45) is -4.88. The van der Waals surface area contributed by atoms with Crippen LogP contribution in [0.15, 0.2) is 42.0 Å². The van der Waals surface area contributed by atoms with Crippen LogP contribution in [0.1, 0.15) is 65.4 Å². The maximum Gasteiger partial charge on any atom is 0.389 e. The monoisotopic (exact) mass is 584 g/mol. The maximum absolute atomic E-state index is 13.3. The summed E-state index contributed by atoms with van der Waals surface area (Å²) >= 11 is 2.27. The van der Waals surface area contributed by atoms with Crippen molar-refractivity contribution in [3.63, 3.8) is 0 Å². The zero-order chi connectivity index (χ0) is 28.6. The highest BCUT2D eigenvalue weighted by Crippen LogP contribution is 2.29. The molecule has 0 aliphatic carbocycles. The molecule has 3 aromatic rings. The van der Waals surface area contributed by atoms with Crippen LogP contribution in [0.4, 0.5) is 13.2 Å². The van der Waals surface area contributed by atoms with Gasteiger partial charge in [-0.3, -0.25) is 9.59 Å². The van der Waals surface area contributed by atoms with Crippen molar-refractivity contribution in [3.8, 4) is 10.6 Å². The van der Waals surface area contributed by atoms with Crippen LogP contribution in [0.2, 0.25) is 0 Å². The summed E-state index contributed by atoms with van der Waals surface area (Å²) in [5.41, 5.74) is 1.87. The third kappa shape index (κ3) is 9.38. The number of rotatable bonds is 13. The van der Waals surface area contributed by atoms with Gasteiger partial charge in [0.05, 0.1) is 18.3 Å². The number of aliphatic hydroxyl groups is 2. The number of thiazole rings is 2. The molecule has 1 aromatic carbocycles. The van der Waals surface area contributed by atoms with Gasteiger partial charge in [0.2, 0.25) is 5.91 Å². The van der Waals surface area contributed by atoms with E-state index in [9.17, 15) is 33.0 Å². The Morgan fingerprint density at radius 3 is 2.46 bits per heavy atom. The lowest BCUT2D eigenvalue weighted by Gasteiger charge is -2.26. The van der Waals surface area contributed by atoms with Gasteiger partial charge in [0, 0.05) is 23.6 Å². The fourth-order valence-electron chi connectivity index (χ4n) is 3.89. The van der Waals surface area contributed by atoms with Crippen LogP contribution in [-0.2, 0) is 4.79 Å². The molecule has 4 N–H and O–H groups in total. The Bertz CT molecular complexity index is 1220. The second-order valence-electron chi connectivity index (χ2n) is 9.23. The summed E-state index contributed by atoms with van der Waals surface area (Å²) in [6.45, 7) is 3.47. The van der Waals surface area contributed by atoms with E-state index in [0.29, 0.717) is 5.01 Å². The molecule has 2 unspecified atom stereocenters. The summed E-state index contributed by atoms with van der Waals surface area (Å²) in [5, 5.41) is 28.3. The topological polar surface area (TPSA) is 124 Å². The van der Waals surface area contributed by atoms with Gasteiger partial charge >= 0.3 is 6.18 Å². The number of hydrogen-bond donors (Lipinski definition) is 4. The maximum atomic E-state index is 13.3. The molecule has 0 bridgehead atoms. The van der Waals surface area contributed by atoms with E-state index in [-0.39, 0.29) is 35.6 Å². The van der Waals surface area contributed by atoms with E-state index >= 15 is 0 Å². The van der Waals surface area contributed by atoms with Crippen molar-refractivity contribution in [2.75, 3.05) is 0 Å². The molecule has 2 amide bonds. The molecule has 0 aliphatic heterocycles. The van der Waals surface area contributed by atoms with Crippen LogP contribution in [-0.4, -0.2) is 56.4 Å². The third-order valence-corrected chi connectivity index (χ3v) is 7.86. The molecular formula is C26H31F3N4O4S2. The van der Waals surface area contributed by atoms with Gasteiger partial charge in [0.25, 0.3) is 5.91 Å². The highest BCUT2D eigenvalue weighted by Gasteiger charge is 2.32. The Morgan fingerprint density at radius 2 is 1.82 bits per heavy atom. The normalized spacial score (nSPS) is 14.8. The van der Waals surface area contributed by atoms with Crippen LogP contribution >= 0.6 is 22.7 Å². The van der Waals surface area contributed by atoms with Crippen LogP contribution in [0, 0.1) is 6.92 Å². The third-order valence-electron chi connectivity index (χ3n) is 5.99. The van der Waals surface area contributed by atoms with Crippen molar-refractivity contribution < 1.29 is 33.0 Å². The number of aliphatic hydroxyl groups excluding tert-OH is 2. The summed E-state index contributed by atoms with van der Waals surface area (Å²) in [5.74, 6) is -1.23. The number of nitrogens with zero attached hydrogens (tertiary/aromatic N) is 2. The van der Waals surface area contributed by atoms with E-state index in [1.165, 1.54) is 12.4 Å². The number of benzene rings is 1. The van der Waals surface area contributed by atoms with Crippen molar-refractivity contribution >= 4 is 34.5 Å². The Kier molecular flexibility index (Phi) is 11.0. The smallest absolute Gasteiger partial charge is 0.389 e. The van der Waals surface area contributed by atoms with Gasteiger partial charge in [0.15, 0.2) is 0 Å². The molecule has 212 valence electrons.